The molecule has 0 unspecified atom stereocenters. The number of aromatic nitrogens is 2. The predicted molar refractivity (Wildman–Crippen MR) is 143 cm³/mol. The quantitative estimate of drug-likeness (QED) is 0.373. The molecule has 2 heterocycles. The molecule has 0 aliphatic carbocycles. The Balaban J connectivity index is 1.32. The highest BCUT2D eigenvalue weighted by molar-refractivity contribution is 7.90. The van der Waals surface area contributed by atoms with Crippen LogP contribution in [0, 0.1) is 0 Å². The third-order valence-corrected chi connectivity index (χ3v) is 6.63. The molecule has 2 N–H and O–H groups in total. The van der Waals surface area contributed by atoms with E-state index in [9.17, 15) is 8.42 Å². The molecule has 36 heavy (non-hydrogen) atoms. The fourth-order valence-corrected chi connectivity index (χ4v) is 4.29. The first-order valence-electron chi connectivity index (χ1n) is 11.8. The molecular weight excluding hydrogens is 476 g/mol. The number of nitrogens with one attached hydrogen (secondary N) is 2. The first-order valence-corrected chi connectivity index (χ1v) is 13.8. The van der Waals surface area contributed by atoms with Crippen LogP contribution in [-0.4, -0.2) is 73.5 Å². The van der Waals surface area contributed by atoms with Crippen molar-refractivity contribution in [1.29, 1.82) is 0 Å². The molecule has 0 atom stereocenters. The van der Waals surface area contributed by atoms with Crippen molar-refractivity contribution in [2.45, 2.75) is 6.61 Å². The molecule has 0 amide bonds. The van der Waals surface area contributed by atoms with Crippen LogP contribution in [-0.2, 0) is 16.4 Å². The van der Waals surface area contributed by atoms with Crippen LogP contribution in [0.5, 0.6) is 5.75 Å². The van der Waals surface area contributed by atoms with Gasteiger partial charge in [-0.05, 0) is 36.9 Å². The molecular formula is C26H32N6O3S. The van der Waals surface area contributed by atoms with Crippen LogP contribution in [0.25, 0.3) is 12.3 Å². The number of hydrazine groups is 1. The summed E-state index contributed by atoms with van der Waals surface area (Å²) in [5.74, 6) is 1.71. The van der Waals surface area contributed by atoms with E-state index in [-0.39, 0.29) is 5.75 Å². The summed E-state index contributed by atoms with van der Waals surface area (Å²) in [5, 5.41) is 7.12. The van der Waals surface area contributed by atoms with Crippen molar-refractivity contribution in [2.75, 3.05) is 50.6 Å². The minimum Gasteiger partial charge on any atom is -0.489 e. The third kappa shape index (κ3) is 7.77. The smallest absolute Gasteiger partial charge is 0.148 e. The number of sulfone groups is 1. The molecule has 10 heteroatoms. The minimum atomic E-state index is -2.95. The summed E-state index contributed by atoms with van der Waals surface area (Å²) in [6, 6.07) is 17.9. The molecule has 0 saturated heterocycles. The van der Waals surface area contributed by atoms with E-state index < -0.39 is 9.84 Å². The molecule has 190 valence electrons. The lowest BCUT2D eigenvalue weighted by molar-refractivity contribution is 0.282. The number of benzene rings is 2. The molecule has 0 spiro atoms. The highest BCUT2D eigenvalue weighted by atomic mass is 32.2. The zero-order valence-electron chi connectivity index (χ0n) is 20.6. The average molecular weight is 509 g/mol. The van der Waals surface area contributed by atoms with Crippen molar-refractivity contribution in [3.63, 3.8) is 0 Å². The number of hydrogen-bond donors (Lipinski definition) is 2. The number of rotatable bonds is 12. The summed E-state index contributed by atoms with van der Waals surface area (Å²) in [6.07, 6.45) is 6.84. The Labute approximate surface area is 212 Å². The molecule has 1 aliphatic heterocycles. The van der Waals surface area contributed by atoms with Gasteiger partial charge in [0.2, 0.25) is 0 Å². The molecule has 0 bridgehead atoms. The summed E-state index contributed by atoms with van der Waals surface area (Å²) >= 11 is 0. The van der Waals surface area contributed by atoms with Gasteiger partial charge in [-0.15, -0.1) is 0 Å². The van der Waals surface area contributed by atoms with Gasteiger partial charge in [-0.3, -0.25) is 0 Å². The number of hydrogen-bond acceptors (Lipinski definition) is 9. The molecule has 0 fully saturated rings. The number of anilines is 2. The molecule has 0 saturated carbocycles. The van der Waals surface area contributed by atoms with Crippen molar-refractivity contribution in [1.82, 2.24) is 25.3 Å². The highest BCUT2D eigenvalue weighted by Crippen LogP contribution is 2.18. The second-order valence-corrected chi connectivity index (χ2v) is 11.0. The maximum atomic E-state index is 11.3. The van der Waals surface area contributed by atoms with Crippen LogP contribution in [0.4, 0.5) is 11.5 Å². The van der Waals surface area contributed by atoms with Crippen molar-refractivity contribution in [2.24, 2.45) is 0 Å². The Hall–Kier alpha value is -3.47. The maximum absolute atomic E-state index is 11.3. The molecule has 1 aromatic heterocycles. The standard InChI is InChI=1S/C26H32N6O3S/c1-31(16-17-36(2,33)34)15-13-29-32-14-12-24-25(18-32)27-20-28-26(24)30-22-8-10-23(11-9-22)35-19-21-6-4-3-5-7-21/h3-12,18,20,29H,13-17,19H2,1-2H3,(H,27,28,30). The number of nitrogens with zero attached hydrogens (tertiary/aromatic N) is 4. The van der Waals surface area contributed by atoms with E-state index in [4.69, 9.17) is 4.74 Å². The normalized spacial score (nSPS) is 13.0. The topological polar surface area (TPSA) is 99.7 Å². The summed E-state index contributed by atoms with van der Waals surface area (Å²) in [7, 11) is -1.03. The lowest BCUT2D eigenvalue weighted by atomic mass is 10.2. The van der Waals surface area contributed by atoms with Gasteiger partial charge in [0.05, 0.1) is 17.6 Å². The molecule has 9 nitrogen and oxygen atoms in total. The fourth-order valence-electron chi connectivity index (χ4n) is 3.64. The molecule has 2 aromatic carbocycles. The zero-order chi connectivity index (χ0) is 25.4. The zero-order valence-corrected chi connectivity index (χ0v) is 21.4. The summed E-state index contributed by atoms with van der Waals surface area (Å²) in [4.78, 5) is 10.9. The summed E-state index contributed by atoms with van der Waals surface area (Å²) in [5.41, 5.74) is 5.39. The van der Waals surface area contributed by atoms with Crippen molar-refractivity contribution >= 4 is 33.6 Å². The van der Waals surface area contributed by atoms with Crippen molar-refractivity contribution in [3.05, 3.63) is 77.1 Å². The Morgan fingerprint density at radius 1 is 1.06 bits per heavy atom. The molecule has 3 aromatic rings. The van der Waals surface area contributed by atoms with Crippen molar-refractivity contribution < 1.29 is 13.2 Å². The number of likely N-dealkylation sites (N-methyl/N-ethyl adjacent to an activating group) is 1. The molecule has 4 rings (SSSR count). The second-order valence-electron chi connectivity index (χ2n) is 8.77. The Kier molecular flexibility index (Phi) is 8.52. The van der Waals surface area contributed by atoms with E-state index in [0.717, 1.165) is 39.9 Å². The van der Waals surface area contributed by atoms with Gasteiger partial charge >= 0.3 is 0 Å². The van der Waals surface area contributed by atoms with E-state index in [1.807, 2.05) is 77.8 Å². The number of ether oxygens (including phenoxy) is 1. The lowest BCUT2D eigenvalue weighted by Gasteiger charge is -2.24. The van der Waals surface area contributed by atoms with Gasteiger partial charge in [0, 0.05) is 43.0 Å². The third-order valence-electron chi connectivity index (χ3n) is 5.70. The van der Waals surface area contributed by atoms with Crippen LogP contribution in [0.3, 0.4) is 0 Å². The predicted octanol–water partition coefficient (Wildman–Crippen LogP) is 1.11. The van der Waals surface area contributed by atoms with Crippen LogP contribution < -0.4 is 26.0 Å². The molecule has 0 radical (unpaired) electrons. The van der Waals surface area contributed by atoms with Crippen LogP contribution in [0.2, 0.25) is 0 Å². The van der Waals surface area contributed by atoms with Gasteiger partial charge in [-0.1, -0.05) is 36.4 Å². The Morgan fingerprint density at radius 3 is 2.58 bits per heavy atom. The second kappa shape index (κ2) is 12.0. The fraction of sp³-hybridized carbons (Fsp3) is 0.308. The Morgan fingerprint density at radius 2 is 1.83 bits per heavy atom. The SMILES string of the molecule is CN(CCNN1C=c2ncnc(Nc3ccc(OCc4ccccc4)cc3)c2=CC1)CCS(C)(=O)=O. The largest absolute Gasteiger partial charge is 0.489 e. The average Bonchev–Trinajstić information content (AvgIpc) is 2.87. The van der Waals surface area contributed by atoms with E-state index in [0.29, 0.717) is 26.2 Å². The first-order chi connectivity index (χ1) is 17.4. The first kappa shape index (κ1) is 25.6. The van der Waals surface area contributed by atoms with Gasteiger partial charge in [0.1, 0.15) is 34.3 Å². The Bertz CT molecular complexity index is 1370. The van der Waals surface area contributed by atoms with Crippen LogP contribution >= 0.6 is 0 Å². The minimum absolute atomic E-state index is 0.163. The van der Waals surface area contributed by atoms with Crippen LogP contribution in [0.1, 0.15) is 5.56 Å². The van der Waals surface area contributed by atoms with Gasteiger partial charge < -0.3 is 20.0 Å². The highest BCUT2D eigenvalue weighted by Gasteiger charge is 2.09. The maximum Gasteiger partial charge on any atom is 0.148 e. The lowest BCUT2D eigenvalue weighted by Crippen LogP contribution is -2.46. The monoisotopic (exact) mass is 508 g/mol. The van der Waals surface area contributed by atoms with E-state index >= 15 is 0 Å². The van der Waals surface area contributed by atoms with E-state index in [1.54, 1.807) is 6.33 Å². The summed E-state index contributed by atoms with van der Waals surface area (Å²) < 4.78 is 28.5. The van der Waals surface area contributed by atoms with Gasteiger partial charge in [-0.2, -0.15) is 0 Å². The van der Waals surface area contributed by atoms with Gasteiger partial charge in [0.25, 0.3) is 0 Å². The van der Waals surface area contributed by atoms with Crippen LogP contribution in [0.15, 0.2) is 60.9 Å². The van der Waals surface area contributed by atoms with Crippen molar-refractivity contribution in [3.8, 4) is 5.75 Å². The number of fused-ring (bicyclic) bond motifs is 1. The summed E-state index contributed by atoms with van der Waals surface area (Å²) in [6.45, 7) is 3.12. The van der Waals surface area contributed by atoms with E-state index in [2.05, 4.69) is 26.8 Å². The van der Waals surface area contributed by atoms with Gasteiger partial charge in [0.15, 0.2) is 0 Å². The van der Waals surface area contributed by atoms with Gasteiger partial charge in [-0.25, -0.2) is 23.8 Å². The molecule has 1 aliphatic rings. The van der Waals surface area contributed by atoms with E-state index in [1.165, 1.54) is 6.26 Å².